The van der Waals surface area contributed by atoms with E-state index in [9.17, 15) is 0 Å². The van der Waals surface area contributed by atoms with Gasteiger partial charge in [0.25, 0.3) is 0 Å². The van der Waals surface area contributed by atoms with Crippen molar-refractivity contribution in [2.75, 3.05) is 19.6 Å². The zero-order valence-electron chi connectivity index (χ0n) is 12.4. The van der Waals surface area contributed by atoms with E-state index in [0.717, 1.165) is 12.5 Å². The van der Waals surface area contributed by atoms with Crippen LogP contribution in [0.25, 0.3) is 0 Å². The molecule has 2 heteroatoms. The van der Waals surface area contributed by atoms with Gasteiger partial charge in [-0.15, -0.1) is 0 Å². The van der Waals surface area contributed by atoms with E-state index in [2.05, 4.69) is 43.0 Å². The van der Waals surface area contributed by atoms with Gasteiger partial charge in [-0.1, -0.05) is 37.6 Å². The third-order valence-electron chi connectivity index (χ3n) is 4.56. The van der Waals surface area contributed by atoms with Crippen LogP contribution in [0.3, 0.4) is 0 Å². The van der Waals surface area contributed by atoms with Crippen molar-refractivity contribution in [1.82, 2.24) is 4.90 Å². The summed E-state index contributed by atoms with van der Waals surface area (Å²) in [6.07, 6.45) is 5.40. The van der Waals surface area contributed by atoms with Gasteiger partial charge in [0.2, 0.25) is 0 Å². The van der Waals surface area contributed by atoms with Crippen molar-refractivity contribution >= 4 is 0 Å². The highest BCUT2D eigenvalue weighted by molar-refractivity contribution is 5.28. The van der Waals surface area contributed by atoms with Crippen LogP contribution in [-0.4, -0.2) is 24.5 Å². The molecule has 1 saturated heterocycles. The number of hydrogen-bond acceptors (Lipinski definition) is 2. The first-order valence-electron chi connectivity index (χ1n) is 7.74. The van der Waals surface area contributed by atoms with Crippen molar-refractivity contribution in [3.05, 3.63) is 35.4 Å². The van der Waals surface area contributed by atoms with Crippen LogP contribution >= 0.6 is 0 Å². The molecule has 0 amide bonds. The van der Waals surface area contributed by atoms with Crippen LogP contribution in [0.2, 0.25) is 0 Å². The van der Waals surface area contributed by atoms with Gasteiger partial charge in [0, 0.05) is 12.6 Å². The molecular formula is C17H28N2. The van der Waals surface area contributed by atoms with Gasteiger partial charge in [-0.2, -0.15) is 0 Å². The lowest BCUT2D eigenvalue weighted by Gasteiger charge is -2.25. The van der Waals surface area contributed by atoms with Gasteiger partial charge in [0.15, 0.2) is 0 Å². The summed E-state index contributed by atoms with van der Waals surface area (Å²) >= 11 is 0. The fourth-order valence-corrected chi connectivity index (χ4v) is 3.20. The van der Waals surface area contributed by atoms with Crippen LogP contribution in [0, 0.1) is 12.8 Å². The highest BCUT2D eigenvalue weighted by Crippen LogP contribution is 2.22. The standard InChI is InChI=1S/C17H28N2/c1-3-15-8-6-11-19(12-10-15)13-17(18)16-9-5-4-7-14(16)2/h4-5,7,9,15,17H,3,6,8,10-13,18H2,1-2H3. The molecule has 2 N–H and O–H groups in total. The fraction of sp³-hybridized carbons (Fsp3) is 0.647. The Labute approximate surface area is 118 Å². The number of benzene rings is 1. The normalized spacial score (nSPS) is 23.0. The fourth-order valence-electron chi connectivity index (χ4n) is 3.20. The molecule has 0 bridgehead atoms. The Bertz CT molecular complexity index is 389. The van der Waals surface area contributed by atoms with Crippen molar-refractivity contribution in [1.29, 1.82) is 0 Å². The minimum Gasteiger partial charge on any atom is -0.323 e. The molecule has 0 saturated carbocycles. The van der Waals surface area contributed by atoms with E-state index in [1.165, 1.54) is 49.9 Å². The molecule has 0 spiro atoms. The SMILES string of the molecule is CCC1CCCN(CC(N)c2ccccc2C)CC1. The number of likely N-dealkylation sites (tertiary alicyclic amines) is 1. The molecule has 106 valence electrons. The molecule has 2 rings (SSSR count). The van der Waals surface area contributed by atoms with Crippen LogP contribution in [0.15, 0.2) is 24.3 Å². The maximum absolute atomic E-state index is 6.40. The first-order valence-corrected chi connectivity index (χ1v) is 7.74. The summed E-state index contributed by atoms with van der Waals surface area (Å²) in [5.41, 5.74) is 9.02. The summed E-state index contributed by atoms with van der Waals surface area (Å²) in [4.78, 5) is 2.56. The van der Waals surface area contributed by atoms with E-state index in [4.69, 9.17) is 5.73 Å². The summed E-state index contributed by atoms with van der Waals surface area (Å²) in [7, 11) is 0. The number of rotatable bonds is 4. The van der Waals surface area contributed by atoms with E-state index >= 15 is 0 Å². The lowest BCUT2D eigenvalue weighted by Crippen LogP contribution is -2.33. The molecule has 1 fully saturated rings. The molecule has 1 heterocycles. The van der Waals surface area contributed by atoms with Gasteiger partial charge in [-0.25, -0.2) is 0 Å². The summed E-state index contributed by atoms with van der Waals surface area (Å²) in [6, 6.07) is 8.66. The van der Waals surface area contributed by atoms with Crippen molar-refractivity contribution in [3.8, 4) is 0 Å². The van der Waals surface area contributed by atoms with E-state index in [-0.39, 0.29) is 6.04 Å². The zero-order chi connectivity index (χ0) is 13.7. The average molecular weight is 260 g/mol. The van der Waals surface area contributed by atoms with Crippen molar-refractivity contribution < 1.29 is 0 Å². The van der Waals surface area contributed by atoms with Gasteiger partial charge in [-0.3, -0.25) is 0 Å². The monoisotopic (exact) mass is 260 g/mol. The highest BCUT2D eigenvalue weighted by Gasteiger charge is 2.18. The first kappa shape index (κ1) is 14.5. The lowest BCUT2D eigenvalue weighted by atomic mass is 9.98. The molecule has 0 aliphatic carbocycles. The smallest absolute Gasteiger partial charge is 0.0426 e. The molecule has 1 aliphatic rings. The summed E-state index contributed by atoms with van der Waals surface area (Å²) in [5.74, 6) is 0.930. The number of nitrogens with two attached hydrogens (primary N) is 1. The van der Waals surface area contributed by atoms with E-state index in [1.54, 1.807) is 0 Å². The predicted octanol–water partition coefficient (Wildman–Crippen LogP) is 3.51. The van der Waals surface area contributed by atoms with E-state index in [0.29, 0.717) is 0 Å². The molecule has 1 aromatic carbocycles. The van der Waals surface area contributed by atoms with Crippen molar-refractivity contribution in [3.63, 3.8) is 0 Å². The predicted molar refractivity (Wildman–Crippen MR) is 82.2 cm³/mol. The van der Waals surface area contributed by atoms with Gasteiger partial charge < -0.3 is 10.6 Å². The largest absolute Gasteiger partial charge is 0.323 e. The minimum absolute atomic E-state index is 0.152. The first-order chi connectivity index (χ1) is 9.20. The topological polar surface area (TPSA) is 29.3 Å². The number of aryl methyl sites for hydroxylation is 1. The summed E-state index contributed by atoms with van der Waals surface area (Å²) in [5, 5.41) is 0. The lowest BCUT2D eigenvalue weighted by molar-refractivity contribution is 0.263. The van der Waals surface area contributed by atoms with Crippen LogP contribution in [0.1, 0.15) is 49.8 Å². The van der Waals surface area contributed by atoms with Crippen LogP contribution < -0.4 is 5.73 Å². The Kier molecular flexibility index (Phi) is 5.41. The van der Waals surface area contributed by atoms with Crippen molar-refractivity contribution in [2.45, 2.75) is 45.6 Å². The zero-order valence-corrected chi connectivity index (χ0v) is 12.4. The second kappa shape index (κ2) is 7.06. The second-order valence-corrected chi connectivity index (χ2v) is 5.97. The molecular weight excluding hydrogens is 232 g/mol. The number of nitrogens with zero attached hydrogens (tertiary/aromatic N) is 1. The Morgan fingerprint density at radius 2 is 2.05 bits per heavy atom. The molecule has 2 unspecified atom stereocenters. The van der Waals surface area contributed by atoms with E-state index < -0.39 is 0 Å². The maximum atomic E-state index is 6.40. The van der Waals surface area contributed by atoms with Gasteiger partial charge in [-0.05, 0) is 56.3 Å². The molecule has 2 nitrogen and oxygen atoms in total. The summed E-state index contributed by atoms with van der Waals surface area (Å²) in [6.45, 7) is 7.92. The van der Waals surface area contributed by atoms with Crippen molar-refractivity contribution in [2.24, 2.45) is 11.7 Å². The Balaban J connectivity index is 1.92. The van der Waals surface area contributed by atoms with Crippen LogP contribution in [0.5, 0.6) is 0 Å². The third-order valence-corrected chi connectivity index (χ3v) is 4.56. The highest BCUT2D eigenvalue weighted by atomic mass is 15.1. The molecule has 2 atom stereocenters. The molecule has 0 radical (unpaired) electrons. The third kappa shape index (κ3) is 4.05. The second-order valence-electron chi connectivity index (χ2n) is 5.97. The van der Waals surface area contributed by atoms with Gasteiger partial charge >= 0.3 is 0 Å². The van der Waals surface area contributed by atoms with Gasteiger partial charge in [0.05, 0.1) is 0 Å². The molecule has 1 aliphatic heterocycles. The minimum atomic E-state index is 0.152. The summed E-state index contributed by atoms with van der Waals surface area (Å²) < 4.78 is 0. The molecule has 19 heavy (non-hydrogen) atoms. The Hall–Kier alpha value is -0.860. The number of hydrogen-bond donors (Lipinski definition) is 1. The Morgan fingerprint density at radius 1 is 1.26 bits per heavy atom. The average Bonchev–Trinajstić information content (AvgIpc) is 2.64. The van der Waals surface area contributed by atoms with Gasteiger partial charge in [0.1, 0.15) is 0 Å². The quantitative estimate of drug-likeness (QED) is 0.897. The van der Waals surface area contributed by atoms with Crippen LogP contribution in [-0.2, 0) is 0 Å². The molecule has 1 aromatic rings. The maximum Gasteiger partial charge on any atom is 0.0426 e. The van der Waals surface area contributed by atoms with Crippen LogP contribution in [0.4, 0.5) is 0 Å². The van der Waals surface area contributed by atoms with E-state index in [1.807, 2.05) is 0 Å². The molecule has 0 aromatic heterocycles. The Morgan fingerprint density at radius 3 is 2.79 bits per heavy atom.